The van der Waals surface area contributed by atoms with Crippen molar-refractivity contribution in [3.63, 3.8) is 0 Å². The molecule has 2 aromatic carbocycles. The molecule has 31 heavy (non-hydrogen) atoms. The van der Waals surface area contributed by atoms with Gasteiger partial charge in [-0.15, -0.1) is 5.10 Å². The molecule has 0 aliphatic rings. The molecule has 0 aliphatic heterocycles. The molecule has 0 spiro atoms. The second-order valence-corrected chi connectivity index (χ2v) is 7.94. The van der Waals surface area contributed by atoms with Crippen molar-refractivity contribution in [3.8, 4) is 0 Å². The number of hydrogen-bond acceptors (Lipinski definition) is 5. The monoisotopic (exact) mass is 441 g/mol. The number of fused-ring (bicyclic) bond motifs is 1. The summed E-state index contributed by atoms with van der Waals surface area (Å²) in [6, 6.07) is 8.80. The lowest BCUT2D eigenvalue weighted by atomic mass is 10.2. The van der Waals surface area contributed by atoms with Gasteiger partial charge in [0, 0.05) is 23.4 Å². The second-order valence-electron chi connectivity index (χ2n) is 6.91. The van der Waals surface area contributed by atoms with E-state index >= 15 is 0 Å². The number of carbonyl (C=O) groups is 1. The molecule has 158 valence electrons. The SMILES string of the molecule is Cc1ccc(Sc2nccn3c(=O)n(CC(=O)Nc4ccc(F)cc4F)nc23)c(C)c1. The van der Waals surface area contributed by atoms with Crippen LogP contribution in [0.3, 0.4) is 0 Å². The molecule has 0 unspecified atom stereocenters. The Morgan fingerprint density at radius 3 is 2.71 bits per heavy atom. The maximum Gasteiger partial charge on any atom is 0.350 e. The van der Waals surface area contributed by atoms with Crippen molar-refractivity contribution in [1.82, 2.24) is 19.2 Å². The van der Waals surface area contributed by atoms with Crippen molar-refractivity contribution in [2.45, 2.75) is 30.3 Å². The predicted molar refractivity (Wildman–Crippen MR) is 112 cm³/mol. The number of amides is 1. The highest BCUT2D eigenvalue weighted by Crippen LogP contribution is 2.31. The van der Waals surface area contributed by atoms with Crippen LogP contribution in [0.15, 0.2) is 63.5 Å². The van der Waals surface area contributed by atoms with Gasteiger partial charge in [0.2, 0.25) is 5.91 Å². The van der Waals surface area contributed by atoms with E-state index in [1.54, 1.807) is 0 Å². The Labute approximate surface area is 179 Å². The normalized spacial score (nSPS) is 11.1. The minimum atomic E-state index is -0.910. The van der Waals surface area contributed by atoms with Crippen LogP contribution in [-0.4, -0.2) is 25.1 Å². The number of rotatable bonds is 5. The molecule has 1 amide bonds. The lowest BCUT2D eigenvalue weighted by Gasteiger charge is -2.06. The molecular weight excluding hydrogens is 424 g/mol. The van der Waals surface area contributed by atoms with E-state index < -0.39 is 29.8 Å². The Morgan fingerprint density at radius 1 is 1.16 bits per heavy atom. The van der Waals surface area contributed by atoms with E-state index in [4.69, 9.17) is 0 Å². The molecule has 2 heterocycles. The maximum atomic E-state index is 13.8. The van der Waals surface area contributed by atoms with Gasteiger partial charge in [-0.1, -0.05) is 29.5 Å². The molecule has 1 N–H and O–H groups in total. The lowest BCUT2D eigenvalue weighted by molar-refractivity contribution is -0.117. The second kappa shape index (κ2) is 8.31. The van der Waals surface area contributed by atoms with Crippen molar-refractivity contribution in [2.24, 2.45) is 0 Å². The molecular formula is C21H17F2N5O2S. The van der Waals surface area contributed by atoms with Crippen molar-refractivity contribution in [1.29, 1.82) is 0 Å². The van der Waals surface area contributed by atoms with Gasteiger partial charge in [0.1, 0.15) is 23.2 Å². The Morgan fingerprint density at radius 2 is 1.97 bits per heavy atom. The third kappa shape index (κ3) is 4.33. The molecule has 0 radical (unpaired) electrons. The van der Waals surface area contributed by atoms with Crippen LogP contribution < -0.4 is 11.0 Å². The van der Waals surface area contributed by atoms with Crippen LogP contribution in [0.2, 0.25) is 0 Å². The lowest BCUT2D eigenvalue weighted by Crippen LogP contribution is -2.28. The summed E-state index contributed by atoms with van der Waals surface area (Å²) in [6.07, 6.45) is 2.95. The summed E-state index contributed by atoms with van der Waals surface area (Å²) in [5.74, 6) is -2.34. The first-order valence-corrected chi connectivity index (χ1v) is 10.1. The molecule has 0 aliphatic carbocycles. The third-order valence-electron chi connectivity index (χ3n) is 4.50. The summed E-state index contributed by atoms with van der Waals surface area (Å²) in [6.45, 7) is 3.55. The number of halogens is 2. The molecule has 4 rings (SSSR count). The first-order valence-electron chi connectivity index (χ1n) is 9.26. The Balaban J connectivity index is 1.61. The largest absolute Gasteiger partial charge is 0.350 e. The van der Waals surface area contributed by atoms with Crippen molar-refractivity contribution < 1.29 is 13.6 Å². The topological polar surface area (TPSA) is 81.3 Å². The molecule has 4 aromatic rings. The van der Waals surface area contributed by atoms with E-state index in [0.29, 0.717) is 16.7 Å². The summed E-state index contributed by atoms with van der Waals surface area (Å²) < 4.78 is 29.1. The Bertz CT molecular complexity index is 1370. The van der Waals surface area contributed by atoms with Crippen LogP contribution in [0.1, 0.15) is 11.1 Å². The molecule has 7 nitrogen and oxygen atoms in total. The van der Waals surface area contributed by atoms with Crippen molar-refractivity contribution in [2.75, 3.05) is 5.32 Å². The number of anilines is 1. The molecule has 0 bridgehead atoms. The van der Waals surface area contributed by atoms with E-state index in [-0.39, 0.29) is 5.69 Å². The van der Waals surface area contributed by atoms with Gasteiger partial charge in [-0.2, -0.15) is 0 Å². The zero-order valence-electron chi connectivity index (χ0n) is 16.6. The number of aryl methyl sites for hydroxylation is 2. The molecule has 0 saturated heterocycles. The number of carbonyl (C=O) groups excluding carboxylic acids is 1. The Hall–Kier alpha value is -3.53. The van der Waals surface area contributed by atoms with Gasteiger partial charge in [0.15, 0.2) is 5.65 Å². The maximum absolute atomic E-state index is 13.8. The van der Waals surface area contributed by atoms with Gasteiger partial charge in [-0.25, -0.2) is 27.6 Å². The fourth-order valence-corrected chi connectivity index (χ4v) is 3.94. The average Bonchev–Trinajstić information content (AvgIpc) is 3.03. The minimum Gasteiger partial charge on any atom is -0.322 e. The first-order chi connectivity index (χ1) is 14.8. The summed E-state index contributed by atoms with van der Waals surface area (Å²) in [5, 5.41) is 7.07. The summed E-state index contributed by atoms with van der Waals surface area (Å²) in [5.41, 5.74) is 1.79. The van der Waals surface area contributed by atoms with Crippen LogP contribution in [0.25, 0.3) is 5.65 Å². The summed E-state index contributed by atoms with van der Waals surface area (Å²) in [4.78, 5) is 30.3. The highest BCUT2D eigenvalue weighted by Gasteiger charge is 2.16. The van der Waals surface area contributed by atoms with Gasteiger partial charge in [-0.05, 0) is 37.6 Å². The quantitative estimate of drug-likeness (QED) is 0.512. The highest BCUT2D eigenvalue weighted by molar-refractivity contribution is 7.99. The Kier molecular flexibility index (Phi) is 5.55. The minimum absolute atomic E-state index is 0.184. The van der Waals surface area contributed by atoms with E-state index in [0.717, 1.165) is 32.8 Å². The average molecular weight is 441 g/mol. The van der Waals surface area contributed by atoms with Crippen LogP contribution in [-0.2, 0) is 11.3 Å². The van der Waals surface area contributed by atoms with Crippen molar-refractivity contribution in [3.05, 3.63) is 82.0 Å². The number of nitrogens with zero attached hydrogens (tertiary/aromatic N) is 4. The number of hydrogen-bond donors (Lipinski definition) is 1. The fraction of sp³-hybridized carbons (Fsp3) is 0.143. The van der Waals surface area contributed by atoms with Crippen LogP contribution in [0.5, 0.6) is 0 Å². The number of aromatic nitrogens is 4. The highest BCUT2D eigenvalue weighted by atomic mass is 32.2. The van der Waals surface area contributed by atoms with Crippen LogP contribution in [0.4, 0.5) is 14.5 Å². The molecule has 2 aromatic heterocycles. The van der Waals surface area contributed by atoms with Gasteiger partial charge >= 0.3 is 5.69 Å². The van der Waals surface area contributed by atoms with Crippen LogP contribution >= 0.6 is 11.8 Å². The van der Waals surface area contributed by atoms with Gasteiger partial charge in [0.05, 0.1) is 5.69 Å². The zero-order valence-corrected chi connectivity index (χ0v) is 17.4. The van der Waals surface area contributed by atoms with E-state index in [1.807, 2.05) is 32.0 Å². The van der Waals surface area contributed by atoms with E-state index in [9.17, 15) is 18.4 Å². The molecule has 0 atom stereocenters. The van der Waals surface area contributed by atoms with Gasteiger partial charge in [-0.3, -0.25) is 4.79 Å². The molecule has 0 fully saturated rings. The smallest absolute Gasteiger partial charge is 0.322 e. The summed E-state index contributed by atoms with van der Waals surface area (Å²) >= 11 is 1.37. The predicted octanol–water partition coefficient (Wildman–Crippen LogP) is 3.58. The summed E-state index contributed by atoms with van der Waals surface area (Å²) in [7, 11) is 0. The zero-order chi connectivity index (χ0) is 22.1. The number of benzene rings is 2. The first kappa shape index (κ1) is 20.7. The van der Waals surface area contributed by atoms with Gasteiger partial charge in [0.25, 0.3) is 0 Å². The van der Waals surface area contributed by atoms with E-state index in [1.165, 1.54) is 28.6 Å². The molecule has 10 heteroatoms. The standard InChI is InChI=1S/C21H17F2N5O2S/c1-12-3-6-17(13(2)9-12)31-20-19-26-28(21(30)27(19)8-7-24-20)11-18(29)25-16-5-4-14(22)10-15(16)23/h3-10H,11H2,1-2H3,(H,25,29). The third-order valence-corrected chi connectivity index (χ3v) is 5.66. The molecule has 0 saturated carbocycles. The van der Waals surface area contributed by atoms with Crippen LogP contribution in [0, 0.1) is 25.5 Å². The fourth-order valence-electron chi connectivity index (χ4n) is 3.04. The van der Waals surface area contributed by atoms with E-state index in [2.05, 4.69) is 15.4 Å². The van der Waals surface area contributed by atoms with Gasteiger partial charge < -0.3 is 5.32 Å². The number of nitrogens with one attached hydrogen (secondary N) is 1. The van der Waals surface area contributed by atoms with Crippen molar-refractivity contribution >= 4 is 29.0 Å².